The quantitative estimate of drug-likeness (QED) is 0.923. The van der Waals surface area contributed by atoms with Gasteiger partial charge < -0.3 is 10.1 Å². The number of aromatic nitrogens is 2. The highest BCUT2D eigenvalue weighted by Gasteiger charge is 2.13. The van der Waals surface area contributed by atoms with E-state index in [1.54, 1.807) is 11.8 Å². The van der Waals surface area contributed by atoms with Gasteiger partial charge in [0.25, 0.3) is 0 Å². The van der Waals surface area contributed by atoms with Crippen molar-refractivity contribution in [3.8, 4) is 5.88 Å². The first-order valence-corrected chi connectivity index (χ1v) is 7.30. The van der Waals surface area contributed by atoms with E-state index in [0.717, 1.165) is 27.3 Å². The molecule has 0 aliphatic carbocycles. The molecule has 0 aliphatic rings. The molecule has 4 nitrogen and oxygen atoms in total. The van der Waals surface area contributed by atoms with Crippen molar-refractivity contribution >= 4 is 21.6 Å². The molecule has 108 valence electrons. The van der Waals surface area contributed by atoms with Crippen LogP contribution in [0.5, 0.6) is 5.88 Å². The van der Waals surface area contributed by atoms with Gasteiger partial charge in [0.2, 0.25) is 5.88 Å². The van der Waals surface area contributed by atoms with Crippen LogP contribution >= 0.6 is 15.9 Å². The van der Waals surface area contributed by atoms with Crippen LogP contribution in [0, 0.1) is 20.8 Å². The van der Waals surface area contributed by atoms with Crippen molar-refractivity contribution in [3.63, 3.8) is 0 Å². The summed E-state index contributed by atoms with van der Waals surface area (Å²) in [6, 6.07) is 4.27. The number of anilines is 1. The Hall–Kier alpha value is -1.49. The number of aryl methyl sites for hydroxylation is 4. The van der Waals surface area contributed by atoms with Crippen molar-refractivity contribution in [3.05, 3.63) is 39.0 Å². The number of methoxy groups -OCH3 is 1. The van der Waals surface area contributed by atoms with E-state index in [1.165, 1.54) is 11.1 Å². The predicted molar refractivity (Wildman–Crippen MR) is 85.4 cm³/mol. The first-order chi connectivity index (χ1) is 9.43. The molecule has 1 aromatic heterocycles. The predicted octanol–water partition coefficient (Wildman–Crippen LogP) is 3.73. The fourth-order valence-electron chi connectivity index (χ4n) is 2.38. The van der Waals surface area contributed by atoms with Gasteiger partial charge in [0.05, 0.1) is 18.4 Å². The molecule has 0 spiro atoms. The second-order valence-electron chi connectivity index (χ2n) is 4.97. The van der Waals surface area contributed by atoms with Crippen LogP contribution in [0.1, 0.15) is 22.4 Å². The number of rotatable bonds is 4. The van der Waals surface area contributed by atoms with Crippen molar-refractivity contribution in [2.24, 2.45) is 7.05 Å². The Morgan fingerprint density at radius 3 is 2.40 bits per heavy atom. The van der Waals surface area contributed by atoms with Crippen molar-refractivity contribution in [1.29, 1.82) is 0 Å². The number of nitrogens with zero attached hydrogens (tertiary/aromatic N) is 2. The lowest BCUT2D eigenvalue weighted by atomic mass is 10.1. The van der Waals surface area contributed by atoms with Crippen LogP contribution in [0.4, 0.5) is 5.69 Å². The topological polar surface area (TPSA) is 39.1 Å². The zero-order valence-corrected chi connectivity index (χ0v) is 14.1. The van der Waals surface area contributed by atoms with E-state index < -0.39 is 0 Å². The highest BCUT2D eigenvalue weighted by molar-refractivity contribution is 9.10. The maximum atomic E-state index is 5.40. The summed E-state index contributed by atoms with van der Waals surface area (Å²) >= 11 is 3.59. The second-order valence-corrected chi connectivity index (χ2v) is 5.77. The SMILES string of the molecule is COc1c(CNc2cc(C)c(Br)c(C)c2)c(C)nn1C. The number of benzene rings is 1. The first-order valence-electron chi connectivity index (χ1n) is 6.51. The zero-order chi connectivity index (χ0) is 14.9. The van der Waals surface area contributed by atoms with Gasteiger partial charge in [0.1, 0.15) is 0 Å². The molecular formula is C15H20BrN3O. The minimum atomic E-state index is 0.698. The van der Waals surface area contributed by atoms with Gasteiger partial charge in [-0.1, -0.05) is 15.9 Å². The Bertz CT molecular complexity index is 611. The van der Waals surface area contributed by atoms with Crippen LogP contribution in [-0.2, 0) is 13.6 Å². The monoisotopic (exact) mass is 337 g/mol. The summed E-state index contributed by atoms with van der Waals surface area (Å²) in [6.07, 6.45) is 0. The summed E-state index contributed by atoms with van der Waals surface area (Å²) in [7, 11) is 3.57. The van der Waals surface area contributed by atoms with Crippen LogP contribution in [0.3, 0.4) is 0 Å². The van der Waals surface area contributed by atoms with E-state index >= 15 is 0 Å². The second kappa shape index (κ2) is 5.87. The van der Waals surface area contributed by atoms with Crippen LogP contribution < -0.4 is 10.1 Å². The van der Waals surface area contributed by atoms with Crippen molar-refractivity contribution in [2.75, 3.05) is 12.4 Å². The standard InChI is InChI=1S/C15H20BrN3O/c1-9-6-12(7-10(2)14(9)16)17-8-13-11(3)18-19(4)15(13)20-5/h6-7,17H,8H2,1-5H3. The molecule has 0 radical (unpaired) electrons. The van der Waals surface area contributed by atoms with Crippen LogP contribution in [0.2, 0.25) is 0 Å². The summed E-state index contributed by atoms with van der Waals surface area (Å²) in [5.41, 5.74) is 5.63. The molecule has 2 rings (SSSR count). The maximum Gasteiger partial charge on any atom is 0.216 e. The van der Waals surface area contributed by atoms with Crippen molar-refractivity contribution in [1.82, 2.24) is 9.78 Å². The fraction of sp³-hybridized carbons (Fsp3) is 0.400. The fourth-order valence-corrected chi connectivity index (χ4v) is 2.61. The number of ether oxygens (including phenoxy) is 1. The molecule has 0 saturated carbocycles. The first kappa shape index (κ1) is 14.9. The number of halogens is 1. The average molecular weight is 338 g/mol. The highest BCUT2D eigenvalue weighted by Crippen LogP contribution is 2.27. The molecular weight excluding hydrogens is 318 g/mol. The van der Waals surface area contributed by atoms with Crippen LogP contribution in [0.15, 0.2) is 16.6 Å². The Kier molecular flexibility index (Phi) is 4.38. The molecule has 0 fully saturated rings. The third kappa shape index (κ3) is 2.82. The lowest BCUT2D eigenvalue weighted by molar-refractivity contribution is 0.370. The molecule has 0 bridgehead atoms. The number of hydrogen-bond acceptors (Lipinski definition) is 3. The van der Waals surface area contributed by atoms with Gasteiger partial charge >= 0.3 is 0 Å². The van der Waals surface area contributed by atoms with Gasteiger partial charge in [-0.3, -0.25) is 0 Å². The van der Waals surface area contributed by atoms with E-state index in [4.69, 9.17) is 4.74 Å². The van der Waals surface area contributed by atoms with E-state index in [1.807, 2.05) is 14.0 Å². The molecule has 0 amide bonds. The van der Waals surface area contributed by atoms with Crippen LogP contribution in [0.25, 0.3) is 0 Å². The number of hydrogen-bond donors (Lipinski definition) is 1. The van der Waals surface area contributed by atoms with Crippen molar-refractivity contribution < 1.29 is 4.74 Å². The molecule has 1 aromatic carbocycles. The summed E-state index contributed by atoms with van der Waals surface area (Å²) in [5, 5.41) is 7.83. The third-order valence-electron chi connectivity index (χ3n) is 3.39. The maximum absolute atomic E-state index is 5.40. The van der Waals surface area contributed by atoms with Gasteiger partial charge in [-0.25, -0.2) is 4.68 Å². The lowest BCUT2D eigenvalue weighted by Crippen LogP contribution is -2.03. The van der Waals surface area contributed by atoms with E-state index in [2.05, 4.69) is 52.3 Å². The van der Waals surface area contributed by atoms with Gasteiger partial charge in [-0.15, -0.1) is 0 Å². The highest BCUT2D eigenvalue weighted by atomic mass is 79.9. The molecule has 2 aromatic rings. The van der Waals surface area contributed by atoms with Crippen molar-refractivity contribution in [2.45, 2.75) is 27.3 Å². The molecule has 5 heteroatoms. The minimum absolute atomic E-state index is 0.698. The van der Waals surface area contributed by atoms with Gasteiger partial charge in [0.15, 0.2) is 0 Å². The molecule has 1 N–H and O–H groups in total. The average Bonchev–Trinajstić information content (AvgIpc) is 2.67. The summed E-state index contributed by atoms with van der Waals surface area (Å²) < 4.78 is 8.34. The molecule has 0 aliphatic heterocycles. The molecule has 0 saturated heterocycles. The zero-order valence-electron chi connectivity index (χ0n) is 12.5. The number of nitrogens with one attached hydrogen (secondary N) is 1. The largest absolute Gasteiger partial charge is 0.481 e. The van der Waals surface area contributed by atoms with Crippen LogP contribution in [-0.4, -0.2) is 16.9 Å². The molecule has 1 heterocycles. The van der Waals surface area contributed by atoms with Gasteiger partial charge in [0, 0.05) is 23.8 Å². The molecule has 0 atom stereocenters. The Labute approximate surface area is 128 Å². The van der Waals surface area contributed by atoms with E-state index in [0.29, 0.717) is 6.54 Å². The Morgan fingerprint density at radius 2 is 1.85 bits per heavy atom. The summed E-state index contributed by atoms with van der Waals surface area (Å²) in [6.45, 7) is 6.89. The normalized spacial score (nSPS) is 10.7. The Balaban J connectivity index is 2.21. The smallest absolute Gasteiger partial charge is 0.216 e. The minimum Gasteiger partial charge on any atom is -0.481 e. The van der Waals surface area contributed by atoms with E-state index in [-0.39, 0.29) is 0 Å². The molecule has 0 unspecified atom stereocenters. The van der Waals surface area contributed by atoms with Gasteiger partial charge in [-0.05, 0) is 44.0 Å². The van der Waals surface area contributed by atoms with Gasteiger partial charge in [-0.2, -0.15) is 5.10 Å². The third-order valence-corrected chi connectivity index (χ3v) is 4.64. The molecule has 20 heavy (non-hydrogen) atoms. The summed E-state index contributed by atoms with van der Waals surface area (Å²) in [5.74, 6) is 0.806. The lowest BCUT2D eigenvalue weighted by Gasteiger charge is -2.11. The van der Waals surface area contributed by atoms with E-state index in [9.17, 15) is 0 Å². The summed E-state index contributed by atoms with van der Waals surface area (Å²) in [4.78, 5) is 0. The Morgan fingerprint density at radius 1 is 1.25 bits per heavy atom.